The first-order valence-electron chi connectivity index (χ1n) is 13.1. The van der Waals surface area contributed by atoms with E-state index in [1.165, 1.54) is 11.1 Å². The molecule has 4 rings (SSSR count). The summed E-state index contributed by atoms with van der Waals surface area (Å²) < 4.78 is 0. The lowest BCUT2D eigenvalue weighted by Gasteiger charge is -2.42. The van der Waals surface area contributed by atoms with Crippen molar-refractivity contribution in [3.05, 3.63) is 82.9 Å². The van der Waals surface area contributed by atoms with Gasteiger partial charge in [0.1, 0.15) is 18.6 Å². The number of hydrogen-bond donors (Lipinski definition) is 1. The van der Waals surface area contributed by atoms with Crippen LogP contribution in [0.1, 0.15) is 45.7 Å². The van der Waals surface area contributed by atoms with Crippen molar-refractivity contribution in [1.82, 2.24) is 5.32 Å². The largest absolute Gasteiger partial charge is 0.303 e. The molecule has 190 valence electrons. The van der Waals surface area contributed by atoms with Gasteiger partial charge in [-0.3, -0.25) is 0 Å². The SMILES string of the molecule is CC1=C(C)C2(C)C(N[C@H](C=O)Cc3ccccc3)C(CN=N[C@H](C=O)Cc3ccccc3)C1(C)C2C. The standard InChI is InChI=1S/C31H39N3O2/c1-21-22(2)31(5)23(3)30(21,4)28(18-32-34-27(20-36)17-25-14-10-7-11-15-25)29(31)33-26(19-35)16-24-12-8-6-9-13-24/h6-15,19-20,23,26-29,33H,16-18H2,1-5H3/t23?,26-,27-,28?,29?,30?,31?/m0/s1. The van der Waals surface area contributed by atoms with Crippen molar-refractivity contribution >= 4 is 12.6 Å². The summed E-state index contributed by atoms with van der Waals surface area (Å²) in [5, 5.41) is 12.8. The van der Waals surface area contributed by atoms with Crippen LogP contribution in [0.2, 0.25) is 0 Å². The van der Waals surface area contributed by atoms with E-state index in [0.29, 0.717) is 25.3 Å². The fourth-order valence-electron chi connectivity index (χ4n) is 6.99. The van der Waals surface area contributed by atoms with E-state index in [9.17, 15) is 9.59 Å². The molecule has 5 nitrogen and oxygen atoms in total. The van der Waals surface area contributed by atoms with E-state index < -0.39 is 6.04 Å². The van der Waals surface area contributed by atoms with Gasteiger partial charge in [-0.1, -0.05) is 92.6 Å². The molecule has 5 heteroatoms. The molecule has 2 aliphatic rings. The second kappa shape index (κ2) is 10.6. The topological polar surface area (TPSA) is 70.9 Å². The molecule has 0 amide bonds. The van der Waals surface area contributed by atoms with Gasteiger partial charge in [0, 0.05) is 23.8 Å². The Morgan fingerprint density at radius 1 is 0.861 bits per heavy atom. The fraction of sp³-hybridized carbons (Fsp3) is 0.484. The molecule has 2 aliphatic carbocycles. The Hall–Kier alpha value is -2.92. The number of azo groups is 1. The Balaban J connectivity index is 1.57. The third kappa shape index (κ3) is 4.50. The molecule has 1 N–H and O–H groups in total. The van der Waals surface area contributed by atoms with Crippen LogP contribution in [0.4, 0.5) is 0 Å². The number of allylic oxidation sites excluding steroid dienone is 1. The Morgan fingerprint density at radius 2 is 1.42 bits per heavy atom. The summed E-state index contributed by atoms with van der Waals surface area (Å²) in [5.74, 6) is 0.574. The summed E-state index contributed by atoms with van der Waals surface area (Å²) in [6.45, 7) is 12.0. The van der Waals surface area contributed by atoms with Crippen LogP contribution in [-0.4, -0.2) is 37.2 Å². The number of carbonyl (C=O) groups excluding carboxylic acids is 2. The highest BCUT2D eigenvalue weighted by molar-refractivity contribution is 5.59. The lowest BCUT2D eigenvalue weighted by Crippen LogP contribution is -2.53. The summed E-state index contributed by atoms with van der Waals surface area (Å²) in [5.41, 5.74) is 4.94. The van der Waals surface area contributed by atoms with Gasteiger partial charge >= 0.3 is 0 Å². The van der Waals surface area contributed by atoms with Crippen molar-refractivity contribution < 1.29 is 9.59 Å². The van der Waals surface area contributed by atoms with Gasteiger partial charge in [0.2, 0.25) is 0 Å². The van der Waals surface area contributed by atoms with E-state index >= 15 is 0 Å². The summed E-state index contributed by atoms with van der Waals surface area (Å²) in [6.07, 6.45) is 3.13. The van der Waals surface area contributed by atoms with Crippen LogP contribution in [0.25, 0.3) is 0 Å². The second-order valence-electron chi connectivity index (χ2n) is 11.1. The molecule has 2 aromatic rings. The maximum atomic E-state index is 12.2. The molecular weight excluding hydrogens is 446 g/mol. The summed E-state index contributed by atoms with van der Waals surface area (Å²) >= 11 is 0. The third-order valence-electron chi connectivity index (χ3n) is 9.61. The Kier molecular flexibility index (Phi) is 7.70. The Morgan fingerprint density at radius 3 is 1.97 bits per heavy atom. The molecule has 0 radical (unpaired) electrons. The van der Waals surface area contributed by atoms with Crippen molar-refractivity contribution in [2.45, 2.75) is 65.6 Å². The maximum Gasteiger partial charge on any atom is 0.146 e. The van der Waals surface area contributed by atoms with Gasteiger partial charge in [-0.2, -0.15) is 10.2 Å². The van der Waals surface area contributed by atoms with Crippen LogP contribution >= 0.6 is 0 Å². The molecular formula is C31H39N3O2. The third-order valence-corrected chi connectivity index (χ3v) is 9.61. The van der Waals surface area contributed by atoms with E-state index in [2.05, 4.69) is 62.3 Å². The van der Waals surface area contributed by atoms with E-state index in [-0.39, 0.29) is 28.8 Å². The van der Waals surface area contributed by atoms with Gasteiger partial charge in [-0.25, -0.2) is 0 Å². The quantitative estimate of drug-likeness (QED) is 0.254. The molecule has 1 fully saturated rings. The predicted molar refractivity (Wildman–Crippen MR) is 144 cm³/mol. The van der Waals surface area contributed by atoms with Crippen LogP contribution in [0, 0.1) is 22.7 Å². The van der Waals surface area contributed by atoms with E-state index in [0.717, 1.165) is 23.7 Å². The molecule has 0 aromatic heterocycles. The molecule has 2 bridgehead atoms. The molecule has 36 heavy (non-hydrogen) atoms. The average Bonchev–Trinajstić information content (AvgIpc) is 3.14. The minimum atomic E-state index is -0.489. The van der Waals surface area contributed by atoms with E-state index in [1.54, 1.807) is 0 Å². The van der Waals surface area contributed by atoms with Crippen molar-refractivity contribution in [3.63, 3.8) is 0 Å². The number of rotatable bonds is 11. The monoisotopic (exact) mass is 485 g/mol. The van der Waals surface area contributed by atoms with E-state index in [1.807, 2.05) is 48.5 Å². The van der Waals surface area contributed by atoms with Crippen molar-refractivity contribution in [2.75, 3.05) is 6.54 Å². The Labute approximate surface area is 215 Å². The molecule has 0 saturated heterocycles. The summed E-state index contributed by atoms with van der Waals surface area (Å²) in [6, 6.07) is 19.4. The minimum Gasteiger partial charge on any atom is -0.303 e. The highest BCUT2D eigenvalue weighted by Crippen LogP contribution is 2.69. The van der Waals surface area contributed by atoms with Gasteiger partial charge in [0.15, 0.2) is 0 Å². The molecule has 0 aliphatic heterocycles. The van der Waals surface area contributed by atoms with Crippen LogP contribution in [0.3, 0.4) is 0 Å². The lowest BCUT2D eigenvalue weighted by atomic mass is 9.68. The molecule has 2 aromatic carbocycles. The van der Waals surface area contributed by atoms with Gasteiger partial charge in [0.05, 0.1) is 12.6 Å². The van der Waals surface area contributed by atoms with Crippen LogP contribution < -0.4 is 5.32 Å². The van der Waals surface area contributed by atoms with Gasteiger partial charge in [0.25, 0.3) is 0 Å². The number of benzene rings is 2. The van der Waals surface area contributed by atoms with Crippen molar-refractivity contribution in [2.24, 2.45) is 32.9 Å². The number of nitrogens with zero attached hydrogens (tertiary/aromatic N) is 2. The zero-order valence-corrected chi connectivity index (χ0v) is 22.1. The number of hydrogen-bond acceptors (Lipinski definition) is 5. The first-order chi connectivity index (χ1) is 17.3. The predicted octanol–water partition coefficient (Wildman–Crippen LogP) is 5.65. The molecule has 1 saturated carbocycles. The lowest BCUT2D eigenvalue weighted by molar-refractivity contribution is -0.110. The number of fused-ring (bicyclic) bond motifs is 2. The van der Waals surface area contributed by atoms with Gasteiger partial charge in [-0.05, 0) is 42.7 Å². The number of nitrogens with one attached hydrogen (secondary N) is 1. The average molecular weight is 486 g/mol. The van der Waals surface area contributed by atoms with Gasteiger partial charge in [-0.15, -0.1) is 0 Å². The zero-order chi connectivity index (χ0) is 25.9. The first-order valence-corrected chi connectivity index (χ1v) is 13.1. The van der Waals surface area contributed by atoms with Crippen LogP contribution in [-0.2, 0) is 22.4 Å². The number of carbonyl (C=O) groups is 2. The maximum absolute atomic E-state index is 12.2. The van der Waals surface area contributed by atoms with E-state index in [4.69, 9.17) is 0 Å². The smallest absolute Gasteiger partial charge is 0.146 e. The molecule has 7 atom stereocenters. The van der Waals surface area contributed by atoms with Crippen molar-refractivity contribution in [3.8, 4) is 0 Å². The highest BCUT2D eigenvalue weighted by atomic mass is 16.1. The zero-order valence-electron chi connectivity index (χ0n) is 22.1. The van der Waals surface area contributed by atoms with Crippen molar-refractivity contribution in [1.29, 1.82) is 0 Å². The second-order valence-corrected chi connectivity index (χ2v) is 11.1. The Bertz CT molecular complexity index is 1130. The highest BCUT2D eigenvalue weighted by Gasteiger charge is 2.67. The van der Waals surface area contributed by atoms with Crippen LogP contribution in [0.15, 0.2) is 82.0 Å². The minimum absolute atomic E-state index is 0.0498. The number of aldehydes is 2. The molecule has 0 spiro atoms. The fourth-order valence-corrected chi connectivity index (χ4v) is 6.99. The molecule has 0 heterocycles. The summed E-state index contributed by atoms with van der Waals surface area (Å²) in [4.78, 5) is 23.9. The van der Waals surface area contributed by atoms with Crippen LogP contribution in [0.5, 0.6) is 0 Å². The molecule has 5 unspecified atom stereocenters. The summed E-state index contributed by atoms with van der Waals surface area (Å²) in [7, 11) is 0. The first kappa shape index (κ1) is 26.2. The van der Waals surface area contributed by atoms with Gasteiger partial charge < -0.3 is 14.9 Å². The normalized spacial score (nSPS) is 31.1.